The van der Waals surface area contributed by atoms with Gasteiger partial charge in [-0.25, -0.2) is 4.39 Å². The number of aromatic nitrogens is 1. The molecule has 1 aromatic heterocycles. The van der Waals surface area contributed by atoms with E-state index in [0.29, 0.717) is 12.8 Å². The summed E-state index contributed by atoms with van der Waals surface area (Å²) in [5.41, 5.74) is 2.09. The minimum Gasteiger partial charge on any atom is -0.494 e. The van der Waals surface area contributed by atoms with Crippen molar-refractivity contribution in [1.29, 1.82) is 0 Å². The van der Waals surface area contributed by atoms with Crippen LogP contribution in [0.4, 0.5) is 4.39 Å². The minimum atomic E-state index is -0.352. The number of likely N-dealkylation sites (tertiary alicyclic amines) is 1. The number of halogens is 1. The number of carbonyl (C=O) groups is 1. The highest BCUT2D eigenvalue weighted by atomic mass is 19.1. The molecule has 0 radical (unpaired) electrons. The highest BCUT2D eigenvalue weighted by Crippen LogP contribution is 2.32. The lowest BCUT2D eigenvalue weighted by Crippen LogP contribution is -2.31. The summed E-state index contributed by atoms with van der Waals surface area (Å²) in [7, 11) is 3.48. The summed E-state index contributed by atoms with van der Waals surface area (Å²) < 4.78 is 20.7. The van der Waals surface area contributed by atoms with E-state index in [2.05, 4.69) is 10.6 Å². The van der Waals surface area contributed by atoms with E-state index in [9.17, 15) is 9.18 Å². The number of ether oxygens (including phenoxy) is 1. The molecule has 0 N–H and O–H groups in total. The Morgan fingerprint density at radius 3 is 2.88 bits per heavy atom. The van der Waals surface area contributed by atoms with Gasteiger partial charge < -0.3 is 14.2 Å². The molecular weight excluding hydrogens is 319 g/mol. The predicted octanol–water partition coefficient (Wildman–Crippen LogP) is 3.86. The van der Waals surface area contributed by atoms with Gasteiger partial charge >= 0.3 is 0 Å². The van der Waals surface area contributed by atoms with Crippen LogP contribution in [0.25, 0.3) is 0 Å². The van der Waals surface area contributed by atoms with E-state index in [0.717, 1.165) is 31.4 Å². The standard InChI is InChI=1S/C20H25FN2O2/c1-22-12-4-7-17(22)18-8-5-13-23(18)20(24)9-3-6-15-10-11-19(25-2)16(21)14-15/h4,7,10-12,14,18H,3,5-6,8-9,13H2,1-2H3/t18-/m0/s1. The van der Waals surface area contributed by atoms with E-state index in [1.807, 2.05) is 30.3 Å². The molecule has 0 aliphatic carbocycles. The van der Waals surface area contributed by atoms with Crippen molar-refractivity contribution in [2.75, 3.05) is 13.7 Å². The zero-order valence-corrected chi connectivity index (χ0v) is 14.9. The van der Waals surface area contributed by atoms with Crippen molar-refractivity contribution in [2.24, 2.45) is 7.05 Å². The number of benzene rings is 1. The maximum atomic E-state index is 13.7. The molecule has 2 heterocycles. The van der Waals surface area contributed by atoms with Crippen LogP contribution in [-0.2, 0) is 18.3 Å². The second-order valence-corrected chi connectivity index (χ2v) is 6.61. The summed E-state index contributed by atoms with van der Waals surface area (Å²) in [5, 5.41) is 0. The van der Waals surface area contributed by atoms with E-state index >= 15 is 0 Å². The molecule has 1 atom stereocenters. The molecule has 5 heteroatoms. The minimum absolute atomic E-state index is 0.186. The third kappa shape index (κ3) is 3.86. The van der Waals surface area contributed by atoms with Crippen LogP contribution in [-0.4, -0.2) is 29.0 Å². The Hall–Kier alpha value is -2.30. The third-order valence-electron chi connectivity index (χ3n) is 4.97. The highest BCUT2D eigenvalue weighted by molar-refractivity contribution is 5.77. The average Bonchev–Trinajstić information content (AvgIpc) is 3.23. The molecule has 1 aromatic carbocycles. The van der Waals surface area contributed by atoms with E-state index in [4.69, 9.17) is 4.74 Å². The van der Waals surface area contributed by atoms with Crippen LogP contribution in [0.15, 0.2) is 36.5 Å². The Labute approximate surface area is 148 Å². The van der Waals surface area contributed by atoms with E-state index in [1.54, 1.807) is 6.07 Å². The largest absolute Gasteiger partial charge is 0.494 e. The summed E-state index contributed by atoms with van der Waals surface area (Å²) in [4.78, 5) is 14.6. The molecule has 0 bridgehead atoms. The normalized spacial score (nSPS) is 17.1. The van der Waals surface area contributed by atoms with Crippen molar-refractivity contribution in [1.82, 2.24) is 9.47 Å². The fraction of sp³-hybridized carbons (Fsp3) is 0.450. The first kappa shape index (κ1) is 17.5. The maximum Gasteiger partial charge on any atom is 0.223 e. The lowest BCUT2D eigenvalue weighted by molar-refractivity contribution is -0.132. The highest BCUT2D eigenvalue weighted by Gasteiger charge is 2.30. The number of carbonyl (C=O) groups excluding carboxylic acids is 1. The van der Waals surface area contributed by atoms with Crippen molar-refractivity contribution in [3.8, 4) is 5.75 Å². The van der Waals surface area contributed by atoms with Crippen LogP contribution >= 0.6 is 0 Å². The summed E-state index contributed by atoms with van der Waals surface area (Å²) >= 11 is 0. The van der Waals surface area contributed by atoms with E-state index in [1.165, 1.54) is 18.9 Å². The van der Waals surface area contributed by atoms with Crippen molar-refractivity contribution < 1.29 is 13.9 Å². The monoisotopic (exact) mass is 344 g/mol. The van der Waals surface area contributed by atoms with Crippen LogP contribution in [0.1, 0.15) is 43.0 Å². The lowest BCUT2D eigenvalue weighted by atomic mass is 10.1. The Morgan fingerprint density at radius 2 is 2.20 bits per heavy atom. The second kappa shape index (κ2) is 7.72. The SMILES string of the molecule is COc1ccc(CCCC(=O)N2CCC[C@H]2c2cccn2C)cc1F. The van der Waals surface area contributed by atoms with Gasteiger partial charge in [0.15, 0.2) is 11.6 Å². The number of hydrogen-bond acceptors (Lipinski definition) is 2. The molecule has 134 valence electrons. The fourth-order valence-electron chi connectivity index (χ4n) is 3.65. The second-order valence-electron chi connectivity index (χ2n) is 6.61. The maximum absolute atomic E-state index is 13.7. The number of nitrogens with zero attached hydrogens (tertiary/aromatic N) is 2. The molecular formula is C20H25FN2O2. The topological polar surface area (TPSA) is 34.5 Å². The van der Waals surface area contributed by atoms with Crippen LogP contribution in [0, 0.1) is 5.82 Å². The first-order chi connectivity index (χ1) is 12.1. The fourth-order valence-corrected chi connectivity index (χ4v) is 3.65. The van der Waals surface area contributed by atoms with Gasteiger partial charge in [-0.3, -0.25) is 4.79 Å². The molecule has 3 rings (SSSR count). The van der Waals surface area contributed by atoms with Gasteiger partial charge in [-0.15, -0.1) is 0 Å². The van der Waals surface area contributed by atoms with Gasteiger partial charge in [0.2, 0.25) is 5.91 Å². The number of hydrogen-bond donors (Lipinski definition) is 0. The number of amides is 1. The van der Waals surface area contributed by atoms with E-state index < -0.39 is 0 Å². The first-order valence-corrected chi connectivity index (χ1v) is 8.83. The lowest BCUT2D eigenvalue weighted by Gasteiger charge is -2.25. The van der Waals surface area contributed by atoms with Crippen LogP contribution in [0.3, 0.4) is 0 Å². The third-order valence-corrected chi connectivity index (χ3v) is 4.97. The summed E-state index contributed by atoms with van der Waals surface area (Å²) in [6.45, 7) is 0.825. The quantitative estimate of drug-likeness (QED) is 0.797. The van der Waals surface area contributed by atoms with Gasteiger partial charge in [0.05, 0.1) is 13.2 Å². The molecule has 1 amide bonds. The molecule has 4 nitrogen and oxygen atoms in total. The Bertz CT molecular complexity index is 741. The molecule has 0 unspecified atom stereocenters. The van der Waals surface area contributed by atoms with Crippen LogP contribution in [0.5, 0.6) is 5.75 Å². The molecule has 0 spiro atoms. The summed E-state index contributed by atoms with van der Waals surface area (Å²) in [6.07, 6.45) is 6.00. The van der Waals surface area contributed by atoms with Crippen LogP contribution in [0.2, 0.25) is 0 Å². The van der Waals surface area contributed by atoms with Crippen molar-refractivity contribution in [3.63, 3.8) is 0 Å². The number of methoxy groups -OCH3 is 1. The van der Waals surface area contributed by atoms with Gasteiger partial charge in [-0.05, 0) is 55.5 Å². The molecule has 1 fully saturated rings. The zero-order chi connectivity index (χ0) is 17.8. The number of aryl methyl sites for hydroxylation is 2. The van der Waals surface area contributed by atoms with Crippen molar-refractivity contribution in [2.45, 2.75) is 38.1 Å². The van der Waals surface area contributed by atoms with Crippen molar-refractivity contribution in [3.05, 3.63) is 53.6 Å². The molecule has 1 aliphatic rings. The van der Waals surface area contributed by atoms with Crippen molar-refractivity contribution >= 4 is 5.91 Å². The van der Waals surface area contributed by atoms with Gasteiger partial charge in [-0.2, -0.15) is 0 Å². The van der Waals surface area contributed by atoms with Gasteiger partial charge in [0.25, 0.3) is 0 Å². The molecule has 1 saturated heterocycles. The smallest absolute Gasteiger partial charge is 0.223 e. The molecule has 25 heavy (non-hydrogen) atoms. The summed E-state index contributed by atoms with van der Waals surface area (Å²) in [5.74, 6) is 0.0922. The Balaban J connectivity index is 1.55. The molecule has 0 saturated carbocycles. The van der Waals surface area contributed by atoms with E-state index in [-0.39, 0.29) is 23.5 Å². The Morgan fingerprint density at radius 1 is 1.36 bits per heavy atom. The molecule has 1 aliphatic heterocycles. The van der Waals surface area contributed by atoms with Crippen LogP contribution < -0.4 is 4.74 Å². The first-order valence-electron chi connectivity index (χ1n) is 8.83. The zero-order valence-electron chi connectivity index (χ0n) is 14.9. The summed E-state index contributed by atoms with van der Waals surface area (Å²) in [6, 6.07) is 9.29. The van der Waals surface area contributed by atoms with Gasteiger partial charge in [-0.1, -0.05) is 6.07 Å². The molecule has 2 aromatic rings. The predicted molar refractivity (Wildman–Crippen MR) is 95.0 cm³/mol. The average molecular weight is 344 g/mol. The number of rotatable bonds is 6. The Kier molecular flexibility index (Phi) is 5.41. The van der Waals surface area contributed by atoms with Gasteiger partial charge in [0, 0.05) is 31.9 Å². The van der Waals surface area contributed by atoms with Gasteiger partial charge in [0.1, 0.15) is 0 Å².